The molecule has 1 fully saturated rings. The molecule has 0 saturated carbocycles. The minimum Gasteiger partial charge on any atom is -0.477 e. The number of anilines is 1. The Kier molecular flexibility index (Phi) is 8.68. The number of nitrogen functional groups attached to an aromatic ring is 1. The molecule has 3 rings (SSSR count). The Bertz CT molecular complexity index is 1120. The van der Waals surface area contributed by atoms with Gasteiger partial charge >= 0.3 is 11.9 Å². The molecule has 4 N–H and O–H groups in total. The Morgan fingerprint density at radius 2 is 2.11 bits per heavy atom. The summed E-state index contributed by atoms with van der Waals surface area (Å²) >= 11 is 3.35. The van der Waals surface area contributed by atoms with E-state index < -0.39 is 47.4 Å². The van der Waals surface area contributed by atoms with Crippen molar-refractivity contribution in [3.05, 3.63) is 17.1 Å². The Morgan fingerprint density at radius 1 is 1.37 bits per heavy atom. The number of carboxylic acids is 1. The first-order chi connectivity index (χ1) is 16.6. The molecule has 2 atom stereocenters. The second-order valence-electron chi connectivity index (χ2n) is 7.09. The Balaban J connectivity index is 1.74. The number of carboxylic acid groups (broad SMARTS) is 1. The smallest absolute Gasteiger partial charge is 0.352 e. The highest BCUT2D eigenvalue weighted by Gasteiger charge is 2.54. The zero-order valence-electron chi connectivity index (χ0n) is 18.4. The van der Waals surface area contributed by atoms with Crippen molar-refractivity contribution in [2.75, 3.05) is 30.3 Å². The molecule has 2 aliphatic rings. The van der Waals surface area contributed by atoms with Crippen LogP contribution in [0.1, 0.15) is 19.2 Å². The molecule has 1 aromatic heterocycles. The number of thioether (sulfide) groups is 2. The van der Waals surface area contributed by atoms with Gasteiger partial charge in [-0.15, -0.1) is 23.5 Å². The normalized spacial score (nSPS) is 19.5. The number of nitrogens with one attached hydrogen (secondary N) is 1. The number of hydrogen-bond donors (Lipinski definition) is 3. The number of fused-ring (bicyclic) bond motifs is 1. The summed E-state index contributed by atoms with van der Waals surface area (Å²) in [6.07, 6.45) is 1.33. The summed E-state index contributed by atoms with van der Waals surface area (Å²) in [5.41, 5.74) is 5.17. The third-order valence-electron chi connectivity index (χ3n) is 4.53. The van der Waals surface area contributed by atoms with Crippen LogP contribution in [0.2, 0.25) is 0 Å². The van der Waals surface area contributed by atoms with E-state index in [1.165, 1.54) is 30.4 Å². The lowest BCUT2D eigenvalue weighted by atomic mass is 10.0. The number of rotatable bonds is 11. The van der Waals surface area contributed by atoms with Gasteiger partial charge in [0.15, 0.2) is 11.1 Å². The monoisotopic (exact) mass is 544 g/mol. The summed E-state index contributed by atoms with van der Waals surface area (Å²) in [6.45, 7) is 0.844. The first-order valence-corrected chi connectivity index (χ1v) is 13.0. The first-order valence-electron chi connectivity index (χ1n) is 9.78. The third-order valence-corrected chi connectivity index (χ3v) is 6.76. The quantitative estimate of drug-likeness (QED) is 0.0607. The van der Waals surface area contributed by atoms with Crippen LogP contribution in [0.15, 0.2) is 16.4 Å². The van der Waals surface area contributed by atoms with Crippen molar-refractivity contribution in [1.29, 1.82) is 0 Å². The van der Waals surface area contributed by atoms with E-state index in [0.717, 1.165) is 16.4 Å². The Labute approximate surface area is 210 Å². The number of ether oxygens (including phenoxy) is 1. The number of ketones is 1. The number of nitrogens with zero attached hydrogens (tertiary/aromatic N) is 4. The molecule has 1 unspecified atom stereocenters. The van der Waals surface area contributed by atoms with E-state index in [1.807, 2.05) is 0 Å². The molecule has 0 radical (unpaired) electrons. The number of aromatic nitrogens is 2. The molecular formula is C18H20N6O8S3. The van der Waals surface area contributed by atoms with Crippen molar-refractivity contribution in [3.8, 4) is 0 Å². The first kappa shape index (κ1) is 26.4. The summed E-state index contributed by atoms with van der Waals surface area (Å²) in [7, 11) is 0. The van der Waals surface area contributed by atoms with Gasteiger partial charge in [-0.1, -0.05) is 5.16 Å². The van der Waals surface area contributed by atoms with Gasteiger partial charge in [0.1, 0.15) is 35.9 Å². The summed E-state index contributed by atoms with van der Waals surface area (Å²) in [6, 6.07) is -1.05. The van der Waals surface area contributed by atoms with Crippen LogP contribution in [0.5, 0.6) is 0 Å². The second-order valence-corrected chi connectivity index (χ2v) is 9.79. The average molecular weight is 545 g/mol. The Hall–Kier alpha value is -3.18. The number of amides is 2. The van der Waals surface area contributed by atoms with Crippen LogP contribution < -0.4 is 11.1 Å². The number of esters is 1. The van der Waals surface area contributed by atoms with Crippen molar-refractivity contribution in [2.45, 2.75) is 24.8 Å². The highest BCUT2D eigenvalue weighted by Crippen LogP contribution is 2.40. The lowest BCUT2D eigenvalue weighted by molar-refractivity contribution is -0.150. The van der Waals surface area contributed by atoms with Crippen LogP contribution >= 0.6 is 35.1 Å². The number of nitrogens with two attached hydrogens (primary N) is 1. The molecule has 35 heavy (non-hydrogen) atoms. The largest absolute Gasteiger partial charge is 0.477 e. The van der Waals surface area contributed by atoms with E-state index >= 15 is 0 Å². The summed E-state index contributed by atoms with van der Waals surface area (Å²) in [5.74, 6) is -3.85. The van der Waals surface area contributed by atoms with Crippen molar-refractivity contribution in [1.82, 2.24) is 19.6 Å². The summed E-state index contributed by atoms with van der Waals surface area (Å²) < 4.78 is 8.92. The molecular weight excluding hydrogens is 524 g/mol. The van der Waals surface area contributed by atoms with Crippen LogP contribution in [0.3, 0.4) is 0 Å². The van der Waals surface area contributed by atoms with E-state index in [1.54, 1.807) is 6.26 Å². The van der Waals surface area contributed by atoms with Gasteiger partial charge in [-0.05, 0) is 13.2 Å². The van der Waals surface area contributed by atoms with Crippen LogP contribution in [0, 0.1) is 0 Å². The van der Waals surface area contributed by atoms with Gasteiger partial charge in [0.05, 0.1) is 0 Å². The molecule has 0 spiro atoms. The number of hydrogen-bond acceptors (Lipinski definition) is 14. The fraction of sp³-hybridized carbons (Fsp3) is 0.444. The number of carbonyl (C=O) groups excluding carboxylic acids is 4. The highest BCUT2D eigenvalue weighted by molar-refractivity contribution is 8.00. The molecule has 188 valence electrons. The van der Waals surface area contributed by atoms with Crippen LogP contribution in [0.4, 0.5) is 5.13 Å². The number of aliphatic carboxylic acids is 1. The summed E-state index contributed by atoms with van der Waals surface area (Å²) in [4.78, 5) is 70.3. The molecule has 0 aliphatic carbocycles. The minimum atomic E-state index is -1.39. The minimum absolute atomic E-state index is 0.0770. The van der Waals surface area contributed by atoms with E-state index in [-0.39, 0.29) is 46.2 Å². The molecule has 17 heteroatoms. The second kappa shape index (κ2) is 11.5. The van der Waals surface area contributed by atoms with Gasteiger partial charge in [-0.2, -0.15) is 9.36 Å². The lowest BCUT2D eigenvalue weighted by Gasteiger charge is -2.49. The predicted molar refractivity (Wildman–Crippen MR) is 126 cm³/mol. The van der Waals surface area contributed by atoms with Gasteiger partial charge < -0.3 is 25.7 Å². The molecule has 2 aliphatic heterocycles. The molecule has 0 bridgehead atoms. The number of Topliss-reactive ketones (excluding diaryl/α,β-unsaturated/α-hetero) is 1. The number of carbonyl (C=O) groups is 5. The maximum Gasteiger partial charge on any atom is 0.352 e. The fourth-order valence-electron chi connectivity index (χ4n) is 3.08. The maximum absolute atomic E-state index is 12.9. The molecule has 2 amide bonds. The van der Waals surface area contributed by atoms with Crippen molar-refractivity contribution >= 4 is 75.4 Å². The van der Waals surface area contributed by atoms with Gasteiger partial charge in [-0.25, -0.2) is 4.79 Å². The molecule has 1 saturated heterocycles. The zero-order valence-corrected chi connectivity index (χ0v) is 20.8. The maximum atomic E-state index is 12.9. The lowest BCUT2D eigenvalue weighted by Crippen LogP contribution is -2.71. The average Bonchev–Trinajstić information content (AvgIpc) is 3.23. The van der Waals surface area contributed by atoms with E-state index in [9.17, 15) is 29.1 Å². The third kappa shape index (κ3) is 6.09. The molecule has 1 aromatic rings. The van der Waals surface area contributed by atoms with Gasteiger partial charge in [0.25, 0.3) is 11.8 Å². The van der Waals surface area contributed by atoms with Crippen LogP contribution in [-0.2, 0) is 33.5 Å². The standard InChI is InChI=1S/C18H20N6O8S3/c1-7(25)3-9(26)31-4-8-5-34-16-11(15(28)24(16)12(8)17(29)30)20-14(27)10(22-32-6-33-2)13-21-18(19)35-23-13/h11,16H,3-6H2,1-2H3,(H,20,27)(H,29,30)(H2,19,21,23)/t11?,16-/m1/s1. The van der Waals surface area contributed by atoms with E-state index in [2.05, 4.69) is 19.8 Å². The predicted octanol–water partition coefficient (Wildman–Crippen LogP) is -0.578. The fourth-order valence-corrected chi connectivity index (χ4v) is 5.00. The SMILES string of the molecule is CSCON=C(C(=O)NC1C(=O)N2C(C(=O)O)=C(COC(=O)CC(C)=O)CS[C@H]12)c1nsc(N)n1. The van der Waals surface area contributed by atoms with E-state index in [0.29, 0.717) is 0 Å². The van der Waals surface area contributed by atoms with Gasteiger partial charge in [0.2, 0.25) is 11.5 Å². The van der Waals surface area contributed by atoms with Crippen molar-refractivity contribution < 1.29 is 38.7 Å². The van der Waals surface area contributed by atoms with Crippen LogP contribution in [0.25, 0.3) is 0 Å². The van der Waals surface area contributed by atoms with Crippen LogP contribution in [-0.4, -0.2) is 90.6 Å². The summed E-state index contributed by atoms with van der Waals surface area (Å²) in [5, 5.41) is 15.4. The Morgan fingerprint density at radius 3 is 2.71 bits per heavy atom. The topological polar surface area (TPSA) is 203 Å². The van der Waals surface area contributed by atoms with E-state index in [4.69, 9.17) is 15.3 Å². The molecule has 14 nitrogen and oxygen atoms in total. The van der Waals surface area contributed by atoms with Crippen molar-refractivity contribution in [2.24, 2.45) is 5.16 Å². The zero-order chi connectivity index (χ0) is 25.7. The molecule has 3 heterocycles. The highest BCUT2D eigenvalue weighted by atomic mass is 32.2. The van der Waals surface area contributed by atoms with Gasteiger partial charge in [0, 0.05) is 22.9 Å². The molecule has 0 aromatic carbocycles. The van der Waals surface area contributed by atoms with Crippen molar-refractivity contribution in [3.63, 3.8) is 0 Å². The van der Waals surface area contributed by atoms with Gasteiger partial charge in [-0.3, -0.25) is 24.1 Å². The number of oxime groups is 1. The number of β-lactam (4-membered cyclic amide) rings is 1.